The van der Waals surface area contributed by atoms with Crippen LogP contribution in [-0.2, 0) is 24.1 Å². The predicted molar refractivity (Wildman–Crippen MR) is 76.9 cm³/mol. The average Bonchev–Trinajstić information content (AvgIpc) is 3.14. The lowest BCUT2D eigenvalue weighted by molar-refractivity contribution is -0.122. The van der Waals surface area contributed by atoms with Crippen molar-refractivity contribution in [3.63, 3.8) is 0 Å². The number of amides is 1. The third-order valence-corrected chi connectivity index (χ3v) is 4.42. The molecule has 2 unspecified atom stereocenters. The Morgan fingerprint density at radius 3 is 2.95 bits per heavy atom. The summed E-state index contributed by atoms with van der Waals surface area (Å²) in [6.45, 7) is 0. The van der Waals surface area contributed by atoms with Crippen LogP contribution in [0.15, 0.2) is 12.4 Å². The fourth-order valence-electron chi connectivity index (χ4n) is 3.21. The Bertz CT molecular complexity index is 660. The van der Waals surface area contributed by atoms with Gasteiger partial charge in [0.1, 0.15) is 11.9 Å². The summed E-state index contributed by atoms with van der Waals surface area (Å²) >= 11 is 0. The predicted octanol–water partition coefficient (Wildman–Crippen LogP) is 0.533. The van der Waals surface area contributed by atoms with Crippen LogP contribution in [0.5, 0.6) is 0 Å². The highest BCUT2D eigenvalue weighted by Gasteiger charge is 2.28. The maximum Gasteiger partial charge on any atom is 0.242 e. The SMILES string of the molecule is O=C(NC1CCc2[nH]ncc2C1)C1CCc2cn[nH]c2N1. The van der Waals surface area contributed by atoms with E-state index in [1.54, 1.807) is 0 Å². The van der Waals surface area contributed by atoms with Gasteiger partial charge in [-0.15, -0.1) is 0 Å². The molecule has 1 aliphatic heterocycles. The highest BCUT2D eigenvalue weighted by Crippen LogP contribution is 2.23. The van der Waals surface area contributed by atoms with Crippen LogP contribution >= 0.6 is 0 Å². The van der Waals surface area contributed by atoms with Crippen molar-refractivity contribution in [1.29, 1.82) is 0 Å². The monoisotopic (exact) mass is 286 g/mol. The summed E-state index contributed by atoms with van der Waals surface area (Å²) < 4.78 is 0. The molecular formula is C14H18N6O. The zero-order chi connectivity index (χ0) is 14.2. The first kappa shape index (κ1) is 12.4. The first-order valence-electron chi connectivity index (χ1n) is 7.40. The number of rotatable bonds is 2. The highest BCUT2D eigenvalue weighted by atomic mass is 16.2. The number of nitrogens with zero attached hydrogens (tertiary/aromatic N) is 2. The van der Waals surface area contributed by atoms with Crippen molar-refractivity contribution in [2.75, 3.05) is 5.32 Å². The van der Waals surface area contributed by atoms with Crippen molar-refractivity contribution >= 4 is 11.7 Å². The van der Waals surface area contributed by atoms with Crippen LogP contribution in [0.1, 0.15) is 29.7 Å². The van der Waals surface area contributed by atoms with Crippen LogP contribution in [0, 0.1) is 0 Å². The molecule has 0 bridgehead atoms. The van der Waals surface area contributed by atoms with Crippen LogP contribution in [0.4, 0.5) is 5.82 Å². The Morgan fingerprint density at radius 1 is 1.14 bits per heavy atom. The fraction of sp³-hybridized carbons (Fsp3) is 0.500. The van der Waals surface area contributed by atoms with Crippen LogP contribution < -0.4 is 10.6 Å². The Balaban J connectivity index is 1.39. The molecule has 0 saturated carbocycles. The fourth-order valence-corrected chi connectivity index (χ4v) is 3.21. The van der Waals surface area contributed by atoms with E-state index in [4.69, 9.17) is 0 Å². The number of anilines is 1. The van der Waals surface area contributed by atoms with E-state index in [1.807, 2.05) is 12.4 Å². The number of aryl methyl sites for hydroxylation is 2. The molecule has 4 rings (SSSR count). The summed E-state index contributed by atoms with van der Waals surface area (Å²) in [4.78, 5) is 12.4. The van der Waals surface area contributed by atoms with Crippen LogP contribution in [0.2, 0.25) is 0 Å². The van der Waals surface area contributed by atoms with Crippen molar-refractivity contribution in [3.05, 3.63) is 29.2 Å². The normalized spacial score (nSPS) is 23.8. The lowest BCUT2D eigenvalue weighted by Gasteiger charge is -2.28. The maximum absolute atomic E-state index is 12.4. The van der Waals surface area contributed by atoms with E-state index in [9.17, 15) is 4.79 Å². The second kappa shape index (κ2) is 4.91. The minimum Gasteiger partial charge on any atom is -0.359 e. The molecule has 0 spiro atoms. The number of aromatic amines is 2. The molecule has 0 saturated heterocycles. The summed E-state index contributed by atoms with van der Waals surface area (Å²) in [5.41, 5.74) is 3.58. The van der Waals surface area contributed by atoms with Crippen LogP contribution in [-0.4, -0.2) is 38.4 Å². The van der Waals surface area contributed by atoms with Gasteiger partial charge < -0.3 is 10.6 Å². The van der Waals surface area contributed by atoms with E-state index in [0.717, 1.165) is 43.5 Å². The molecule has 2 atom stereocenters. The molecule has 1 aliphatic carbocycles. The number of carbonyl (C=O) groups is 1. The number of aromatic nitrogens is 4. The zero-order valence-corrected chi connectivity index (χ0v) is 11.6. The van der Waals surface area contributed by atoms with Gasteiger partial charge in [-0.25, -0.2) is 0 Å². The molecule has 7 heteroatoms. The average molecular weight is 286 g/mol. The number of hydrogen-bond donors (Lipinski definition) is 4. The summed E-state index contributed by atoms with van der Waals surface area (Å²) in [6, 6.07) is 0.0243. The van der Waals surface area contributed by atoms with Crippen LogP contribution in [0.3, 0.4) is 0 Å². The largest absolute Gasteiger partial charge is 0.359 e. The van der Waals surface area contributed by atoms with Gasteiger partial charge in [0.05, 0.1) is 12.4 Å². The topological polar surface area (TPSA) is 98.5 Å². The van der Waals surface area contributed by atoms with E-state index >= 15 is 0 Å². The van der Waals surface area contributed by atoms with Gasteiger partial charge in [0, 0.05) is 17.3 Å². The van der Waals surface area contributed by atoms with Crippen molar-refractivity contribution in [2.24, 2.45) is 0 Å². The molecule has 4 N–H and O–H groups in total. The van der Waals surface area contributed by atoms with Gasteiger partial charge in [-0.05, 0) is 37.7 Å². The number of carbonyl (C=O) groups excluding carboxylic acids is 1. The van der Waals surface area contributed by atoms with Crippen molar-refractivity contribution in [1.82, 2.24) is 25.7 Å². The zero-order valence-electron chi connectivity index (χ0n) is 11.6. The third-order valence-electron chi connectivity index (χ3n) is 4.42. The van der Waals surface area contributed by atoms with Crippen molar-refractivity contribution in [3.8, 4) is 0 Å². The summed E-state index contributed by atoms with van der Waals surface area (Å²) in [5, 5.41) is 20.4. The molecule has 2 aliphatic rings. The van der Waals surface area contributed by atoms with E-state index < -0.39 is 0 Å². The highest BCUT2D eigenvalue weighted by molar-refractivity contribution is 5.85. The second-order valence-corrected chi connectivity index (χ2v) is 5.83. The quantitative estimate of drug-likeness (QED) is 0.647. The molecule has 0 radical (unpaired) electrons. The second-order valence-electron chi connectivity index (χ2n) is 5.83. The van der Waals surface area contributed by atoms with Gasteiger partial charge in [0.2, 0.25) is 5.91 Å². The van der Waals surface area contributed by atoms with Gasteiger partial charge in [-0.1, -0.05) is 0 Å². The van der Waals surface area contributed by atoms with E-state index in [0.29, 0.717) is 0 Å². The number of fused-ring (bicyclic) bond motifs is 2. The molecular weight excluding hydrogens is 268 g/mol. The minimum atomic E-state index is -0.177. The Kier molecular flexibility index (Phi) is 2.90. The van der Waals surface area contributed by atoms with Gasteiger partial charge in [0.25, 0.3) is 0 Å². The van der Waals surface area contributed by atoms with E-state index in [2.05, 4.69) is 31.0 Å². The van der Waals surface area contributed by atoms with Gasteiger partial charge in [0.15, 0.2) is 0 Å². The Labute approximate surface area is 121 Å². The lowest BCUT2D eigenvalue weighted by Crippen LogP contribution is -2.47. The van der Waals surface area contributed by atoms with E-state index in [1.165, 1.54) is 11.3 Å². The molecule has 21 heavy (non-hydrogen) atoms. The Morgan fingerprint density at radius 2 is 2.00 bits per heavy atom. The summed E-state index contributed by atoms with van der Waals surface area (Å²) in [5.74, 6) is 0.953. The third kappa shape index (κ3) is 2.28. The number of nitrogens with one attached hydrogen (secondary N) is 4. The maximum atomic E-state index is 12.4. The first-order chi connectivity index (χ1) is 10.3. The van der Waals surface area contributed by atoms with Gasteiger partial charge in [-0.2, -0.15) is 10.2 Å². The first-order valence-corrected chi connectivity index (χ1v) is 7.40. The van der Waals surface area contributed by atoms with Gasteiger partial charge in [-0.3, -0.25) is 15.0 Å². The molecule has 2 aromatic heterocycles. The van der Waals surface area contributed by atoms with Crippen LogP contribution in [0.25, 0.3) is 0 Å². The van der Waals surface area contributed by atoms with Crippen molar-refractivity contribution in [2.45, 2.75) is 44.2 Å². The number of H-pyrrole nitrogens is 2. The molecule has 0 fully saturated rings. The molecule has 1 amide bonds. The van der Waals surface area contributed by atoms with Crippen molar-refractivity contribution < 1.29 is 4.79 Å². The lowest BCUT2D eigenvalue weighted by atomic mass is 9.93. The van der Waals surface area contributed by atoms with E-state index in [-0.39, 0.29) is 18.0 Å². The minimum absolute atomic E-state index is 0.0761. The molecule has 0 aromatic carbocycles. The van der Waals surface area contributed by atoms with Gasteiger partial charge >= 0.3 is 0 Å². The smallest absolute Gasteiger partial charge is 0.242 e. The molecule has 2 aromatic rings. The number of hydrogen-bond acceptors (Lipinski definition) is 4. The standard InChI is InChI=1S/C14H18N6O/c21-14(12-3-1-8-6-16-20-13(8)18-12)17-10-2-4-11-9(5-10)7-15-19-11/h6-7,10,12H,1-5H2,(H,15,19)(H,17,21)(H2,16,18,20). The summed E-state index contributed by atoms with van der Waals surface area (Å²) in [6.07, 6.45) is 8.14. The molecule has 7 nitrogen and oxygen atoms in total. The Hall–Kier alpha value is -2.31. The molecule has 110 valence electrons. The molecule has 3 heterocycles. The summed E-state index contributed by atoms with van der Waals surface area (Å²) in [7, 11) is 0.